The van der Waals surface area contributed by atoms with Gasteiger partial charge in [-0.05, 0) is 54.8 Å². The monoisotopic (exact) mass is 413 g/mol. The molecule has 29 heavy (non-hydrogen) atoms. The van der Waals surface area contributed by atoms with Crippen molar-refractivity contribution in [2.24, 2.45) is 5.41 Å². The van der Waals surface area contributed by atoms with Gasteiger partial charge in [0.1, 0.15) is 17.1 Å². The second-order valence-electron chi connectivity index (χ2n) is 8.06. The van der Waals surface area contributed by atoms with Gasteiger partial charge in [0.15, 0.2) is 5.78 Å². The molecule has 0 radical (unpaired) electrons. The van der Waals surface area contributed by atoms with E-state index in [1.165, 1.54) is 12.1 Å². The normalized spacial score (nSPS) is 15.9. The molecule has 1 aromatic heterocycles. The van der Waals surface area contributed by atoms with Crippen molar-refractivity contribution in [1.29, 1.82) is 0 Å². The highest BCUT2D eigenvalue weighted by Gasteiger charge is 2.35. The van der Waals surface area contributed by atoms with Crippen LogP contribution in [0.2, 0.25) is 0 Å². The number of sulfonamides is 1. The van der Waals surface area contributed by atoms with E-state index in [2.05, 4.69) is 4.72 Å². The van der Waals surface area contributed by atoms with Gasteiger partial charge in [0.25, 0.3) is 10.0 Å². The molecule has 0 atom stereocenters. The second-order valence-corrected chi connectivity index (χ2v) is 9.74. The van der Waals surface area contributed by atoms with Gasteiger partial charge in [0.2, 0.25) is 0 Å². The van der Waals surface area contributed by atoms with Crippen LogP contribution in [0.4, 0.5) is 5.69 Å². The predicted octanol–water partition coefficient (Wildman–Crippen LogP) is 4.79. The lowest BCUT2D eigenvalue weighted by atomic mass is 9.76. The zero-order valence-electron chi connectivity index (χ0n) is 16.6. The van der Waals surface area contributed by atoms with Gasteiger partial charge in [-0.3, -0.25) is 9.52 Å². The van der Waals surface area contributed by atoms with Gasteiger partial charge in [0, 0.05) is 23.9 Å². The first kappa shape index (κ1) is 19.5. The van der Waals surface area contributed by atoms with E-state index in [4.69, 9.17) is 9.15 Å². The van der Waals surface area contributed by atoms with E-state index < -0.39 is 10.0 Å². The fourth-order valence-electron chi connectivity index (χ4n) is 3.76. The SMILES string of the molecule is CCOc1ccc(S(=O)(=O)Nc2ccc3oc4c(c3c2)C(=O)CC(C)(C)C4)cc1. The van der Waals surface area contributed by atoms with E-state index in [-0.39, 0.29) is 16.1 Å². The van der Waals surface area contributed by atoms with Crippen molar-refractivity contribution >= 4 is 32.5 Å². The van der Waals surface area contributed by atoms with Crippen LogP contribution in [0.15, 0.2) is 51.8 Å². The van der Waals surface area contributed by atoms with Crippen LogP contribution in [0.1, 0.15) is 43.3 Å². The highest BCUT2D eigenvalue weighted by atomic mass is 32.2. The number of anilines is 1. The number of fused-ring (bicyclic) bond motifs is 3. The third-order valence-corrected chi connectivity index (χ3v) is 6.41. The Kier molecular flexibility index (Phi) is 4.65. The van der Waals surface area contributed by atoms with Crippen LogP contribution in [-0.2, 0) is 16.4 Å². The number of furan rings is 1. The Morgan fingerprint density at radius 3 is 2.52 bits per heavy atom. The van der Waals surface area contributed by atoms with Crippen molar-refractivity contribution in [2.75, 3.05) is 11.3 Å². The zero-order valence-corrected chi connectivity index (χ0v) is 17.4. The molecule has 1 heterocycles. The first-order valence-corrected chi connectivity index (χ1v) is 11.0. The number of nitrogens with one attached hydrogen (secondary N) is 1. The van der Waals surface area contributed by atoms with Crippen molar-refractivity contribution in [2.45, 2.75) is 38.5 Å². The highest BCUT2D eigenvalue weighted by molar-refractivity contribution is 7.92. The Morgan fingerprint density at radius 2 is 1.83 bits per heavy atom. The minimum atomic E-state index is -3.77. The zero-order chi connectivity index (χ0) is 20.8. The summed E-state index contributed by atoms with van der Waals surface area (Å²) < 4.78 is 39.3. The number of ketones is 1. The highest BCUT2D eigenvalue weighted by Crippen LogP contribution is 2.40. The fraction of sp³-hybridized carbons (Fsp3) is 0.318. The topological polar surface area (TPSA) is 85.6 Å². The van der Waals surface area contributed by atoms with Gasteiger partial charge in [-0.1, -0.05) is 13.8 Å². The van der Waals surface area contributed by atoms with Gasteiger partial charge >= 0.3 is 0 Å². The maximum atomic E-state index is 12.7. The molecular weight excluding hydrogens is 390 g/mol. The van der Waals surface area contributed by atoms with Crippen molar-refractivity contribution in [1.82, 2.24) is 0 Å². The van der Waals surface area contributed by atoms with Gasteiger partial charge in [-0.15, -0.1) is 0 Å². The number of Topliss-reactive ketones (excluding diaryl/α,β-unsaturated/α-hetero) is 1. The smallest absolute Gasteiger partial charge is 0.261 e. The minimum absolute atomic E-state index is 0.0292. The molecule has 2 aromatic carbocycles. The van der Waals surface area contributed by atoms with Crippen LogP contribution < -0.4 is 9.46 Å². The third-order valence-electron chi connectivity index (χ3n) is 5.02. The number of carbonyl (C=O) groups excluding carboxylic acids is 1. The molecule has 152 valence electrons. The number of carbonyl (C=O) groups is 1. The van der Waals surface area contributed by atoms with Crippen molar-refractivity contribution < 1.29 is 22.4 Å². The number of hydrogen-bond acceptors (Lipinski definition) is 5. The van der Waals surface area contributed by atoms with E-state index in [1.54, 1.807) is 30.3 Å². The summed E-state index contributed by atoms with van der Waals surface area (Å²) in [5.41, 5.74) is 1.40. The first-order valence-electron chi connectivity index (χ1n) is 9.53. The summed E-state index contributed by atoms with van der Waals surface area (Å²) in [6.07, 6.45) is 1.12. The lowest BCUT2D eigenvalue weighted by molar-refractivity contribution is 0.0906. The van der Waals surface area contributed by atoms with Crippen molar-refractivity contribution in [3.8, 4) is 5.75 Å². The van der Waals surface area contributed by atoms with Crippen molar-refractivity contribution in [3.05, 3.63) is 53.8 Å². The van der Waals surface area contributed by atoms with E-state index >= 15 is 0 Å². The largest absolute Gasteiger partial charge is 0.494 e. The molecule has 1 aliphatic carbocycles. The molecule has 0 fully saturated rings. The maximum Gasteiger partial charge on any atom is 0.261 e. The molecule has 0 bridgehead atoms. The Morgan fingerprint density at radius 1 is 1.10 bits per heavy atom. The summed E-state index contributed by atoms with van der Waals surface area (Å²) in [4.78, 5) is 12.8. The molecule has 0 spiro atoms. The summed E-state index contributed by atoms with van der Waals surface area (Å²) in [5, 5.41) is 0.646. The van der Waals surface area contributed by atoms with E-state index in [9.17, 15) is 13.2 Å². The molecule has 0 saturated heterocycles. The first-order chi connectivity index (χ1) is 13.7. The number of hydrogen-bond donors (Lipinski definition) is 1. The van der Waals surface area contributed by atoms with Gasteiger partial charge in [-0.25, -0.2) is 8.42 Å². The van der Waals surface area contributed by atoms with Gasteiger partial charge in [0.05, 0.1) is 17.1 Å². The summed E-state index contributed by atoms with van der Waals surface area (Å²) in [7, 11) is -3.77. The molecule has 7 heteroatoms. The lowest BCUT2D eigenvalue weighted by Gasteiger charge is -2.27. The standard InChI is InChI=1S/C22H23NO5S/c1-4-27-15-6-8-16(9-7-15)29(25,26)23-14-5-10-19-17(11-14)21-18(24)12-22(2,3)13-20(21)28-19/h5-11,23H,4,12-13H2,1-3H3. The quantitative estimate of drug-likeness (QED) is 0.650. The van der Waals surface area contributed by atoms with E-state index in [0.29, 0.717) is 53.2 Å². The molecule has 4 rings (SSSR count). The Balaban J connectivity index is 1.66. The number of rotatable bonds is 5. The predicted molar refractivity (Wildman–Crippen MR) is 111 cm³/mol. The molecule has 0 amide bonds. The molecule has 0 unspecified atom stereocenters. The molecule has 6 nitrogen and oxygen atoms in total. The average molecular weight is 413 g/mol. The Labute approximate surface area is 169 Å². The second kappa shape index (κ2) is 6.91. The van der Waals surface area contributed by atoms with Crippen LogP contribution in [0, 0.1) is 5.41 Å². The van der Waals surface area contributed by atoms with Gasteiger partial charge < -0.3 is 9.15 Å². The maximum absolute atomic E-state index is 12.7. The summed E-state index contributed by atoms with van der Waals surface area (Å²) in [5.74, 6) is 1.31. The number of ether oxygens (including phenoxy) is 1. The van der Waals surface area contributed by atoms with Crippen LogP contribution in [0.25, 0.3) is 11.0 Å². The molecule has 1 aliphatic rings. The van der Waals surface area contributed by atoms with Crippen LogP contribution in [0.5, 0.6) is 5.75 Å². The van der Waals surface area contributed by atoms with Crippen LogP contribution in [-0.4, -0.2) is 20.8 Å². The lowest BCUT2D eigenvalue weighted by Crippen LogP contribution is -2.25. The molecule has 0 aliphatic heterocycles. The van der Waals surface area contributed by atoms with E-state index in [1.807, 2.05) is 20.8 Å². The van der Waals surface area contributed by atoms with Crippen LogP contribution in [0.3, 0.4) is 0 Å². The average Bonchev–Trinajstić information content (AvgIpc) is 2.98. The third kappa shape index (κ3) is 3.74. The van der Waals surface area contributed by atoms with Crippen LogP contribution >= 0.6 is 0 Å². The molecule has 0 saturated carbocycles. The number of benzene rings is 2. The van der Waals surface area contributed by atoms with Crippen molar-refractivity contribution in [3.63, 3.8) is 0 Å². The molecule has 3 aromatic rings. The fourth-order valence-corrected chi connectivity index (χ4v) is 4.81. The summed E-state index contributed by atoms with van der Waals surface area (Å²) in [6.45, 7) is 6.45. The molecular formula is C22H23NO5S. The summed E-state index contributed by atoms with van der Waals surface area (Å²) >= 11 is 0. The van der Waals surface area contributed by atoms with E-state index in [0.717, 1.165) is 0 Å². The van der Waals surface area contributed by atoms with Gasteiger partial charge in [-0.2, -0.15) is 0 Å². The minimum Gasteiger partial charge on any atom is -0.494 e. The molecule has 1 N–H and O–H groups in total. The summed E-state index contributed by atoms with van der Waals surface area (Å²) in [6, 6.07) is 11.2. The Bertz CT molecular complexity index is 1190. The Hall–Kier alpha value is -2.80.